The van der Waals surface area contributed by atoms with E-state index >= 15 is 0 Å². The lowest BCUT2D eigenvalue weighted by atomic mass is 10.0. The maximum Gasteiger partial charge on any atom is 0.266 e. The fourth-order valence-electron chi connectivity index (χ4n) is 3.14. The number of methoxy groups -OCH3 is 1. The van der Waals surface area contributed by atoms with E-state index in [4.69, 9.17) is 16.3 Å². The molecule has 0 unspecified atom stereocenters. The van der Waals surface area contributed by atoms with Crippen LogP contribution in [0.15, 0.2) is 66.2 Å². The van der Waals surface area contributed by atoms with Gasteiger partial charge in [0.2, 0.25) is 0 Å². The Morgan fingerprint density at radius 3 is 2.65 bits per heavy atom. The molecule has 0 spiro atoms. The molecule has 0 bridgehead atoms. The highest BCUT2D eigenvalue weighted by Gasteiger charge is 2.14. The Hall–Kier alpha value is -2.82. The van der Waals surface area contributed by atoms with Crippen LogP contribution in [0.2, 0.25) is 5.02 Å². The smallest absolute Gasteiger partial charge is 0.266 e. The number of aryl methyl sites for hydroxylation is 1. The standard InChI is InChI=1S/C25H20ClIN2O2/c1-16-6-5-8-20(10-16)29-25(30)19(15-28)11-17-12-23(27)21(24(13-17)31-2)14-18-7-3-4-9-22(18)26/h3-13H,14H2,1-2H3,(H,29,30)/b19-11+. The number of halogens is 2. The second-order valence-corrected chi connectivity index (χ2v) is 8.51. The van der Waals surface area contributed by atoms with Crippen molar-refractivity contribution in [3.05, 3.63) is 97.1 Å². The van der Waals surface area contributed by atoms with Gasteiger partial charge in [0, 0.05) is 26.3 Å². The lowest BCUT2D eigenvalue weighted by molar-refractivity contribution is -0.112. The number of anilines is 1. The molecule has 3 aromatic rings. The minimum Gasteiger partial charge on any atom is -0.496 e. The number of ether oxygens (including phenoxy) is 1. The van der Waals surface area contributed by atoms with E-state index in [0.717, 1.165) is 20.3 Å². The zero-order chi connectivity index (χ0) is 22.4. The highest BCUT2D eigenvalue weighted by Crippen LogP contribution is 2.31. The monoisotopic (exact) mass is 542 g/mol. The number of nitrogens with one attached hydrogen (secondary N) is 1. The Morgan fingerprint density at radius 2 is 1.97 bits per heavy atom. The molecule has 31 heavy (non-hydrogen) atoms. The largest absolute Gasteiger partial charge is 0.496 e. The first kappa shape index (κ1) is 22.9. The number of amides is 1. The lowest BCUT2D eigenvalue weighted by Gasteiger charge is -2.13. The minimum atomic E-state index is -0.456. The Labute approximate surface area is 200 Å². The highest BCUT2D eigenvalue weighted by atomic mass is 127. The first-order valence-electron chi connectivity index (χ1n) is 9.51. The maximum atomic E-state index is 12.6. The number of hydrogen-bond donors (Lipinski definition) is 1. The number of rotatable bonds is 6. The molecule has 0 atom stereocenters. The molecule has 3 aromatic carbocycles. The molecular weight excluding hydrogens is 523 g/mol. The van der Waals surface area contributed by atoms with Crippen LogP contribution in [0.5, 0.6) is 5.75 Å². The molecule has 3 rings (SSSR count). The topological polar surface area (TPSA) is 62.1 Å². The molecule has 0 saturated carbocycles. The van der Waals surface area contributed by atoms with Gasteiger partial charge in [-0.05, 0) is 82.6 Å². The van der Waals surface area contributed by atoms with Crippen LogP contribution in [0.1, 0.15) is 22.3 Å². The Bertz CT molecular complexity index is 1200. The number of carbonyl (C=O) groups is 1. The second kappa shape index (κ2) is 10.5. The van der Waals surface area contributed by atoms with Gasteiger partial charge in [-0.3, -0.25) is 4.79 Å². The molecule has 0 aromatic heterocycles. The van der Waals surface area contributed by atoms with Crippen molar-refractivity contribution in [1.29, 1.82) is 5.26 Å². The molecule has 4 nitrogen and oxygen atoms in total. The normalized spacial score (nSPS) is 11.0. The number of nitriles is 1. The summed E-state index contributed by atoms with van der Waals surface area (Å²) in [5, 5.41) is 13.0. The first-order valence-corrected chi connectivity index (χ1v) is 11.0. The SMILES string of the molecule is COc1cc(/C=C(\C#N)C(=O)Nc2cccc(C)c2)cc(I)c1Cc1ccccc1Cl. The average Bonchev–Trinajstić information content (AvgIpc) is 2.74. The summed E-state index contributed by atoms with van der Waals surface area (Å²) < 4.78 is 6.56. The van der Waals surface area contributed by atoms with Gasteiger partial charge in [-0.15, -0.1) is 0 Å². The molecule has 6 heteroatoms. The van der Waals surface area contributed by atoms with Crippen molar-refractivity contribution in [3.8, 4) is 11.8 Å². The summed E-state index contributed by atoms with van der Waals surface area (Å²) in [4.78, 5) is 12.6. The van der Waals surface area contributed by atoms with E-state index < -0.39 is 5.91 Å². The van der Waals surface area contributed by atoms with E-state index in [9.17, 15) is 10.1 Å². The van der Waals surface area contributed by atoms with Crippen molar-refractivity contribution in [2.24, 2.45) is 0 Å². The second-order valence-electron chi connectivity index (χ2n) is 6.95. The van der Waals surface area contributed by atoms with Gasteiger partial charge >= 0.3 is 0 Å². The van der Waals surface area contributed by atoms with Crippen LogP contribution in [-0.2, 0) is 11.2 Å². The summed E-state index contributed by atoms with van der Waals surface area (Å²) in [5.74, 6) is 0.219. The summed E-state index contributed by atoms with van der Waals surface area (Å²) in [6.45, 7) is 1.94. The molecule has 156 valence electrons. The van der Waals surface area contributed by atoms with Crippen LogP contribution in [0.4, 0.5) is 5.69 Å². The summed E-state index contributed by atoms with van der Waals surface area (Å²) >= 11 is 8.55. The fourth-order valence-corrected chi connectivity index (χ4v) is 4.16. The van der Waals surface area contributed by atoms with Crippen molar-refractivity contribution < 1.29 is 9.53 Å². The van der Waals surface area contributed by atoms with Crippen LogP contribution in [0, 0.1) is 21.8 Å². The molecule has 0 saturated heterocycles. The highest BCUT2D eigenvalue weighted by molar-refractivity contribution is 14.1. The van der Waals surface area contributed by atoms with Crippen molar-refractivity contribution in [3.63, 3.8) is 0 Å². The van der Waals surface area contributed by atoms with E-state index in [1.807, 2.05) is 67.6 Å². The van der Waals surface area contributed by atoms with Gasteiger partial charge in [0.05, 0.1) is 7.11 Å². The van der Waals surface area contributed by atoms with E-state index in [2.05, 4.69) is 27.9 Å². The van der Waals surface area contributed by atoms with Crippen LogP contribution in [-0.4, -0.2) is 13.0 Å². The third kappa shape index (κ3) is 5.87. The Kier molecular flexibility index (Phi) is 7.72. The quantitative estimate of drug-likeness (QED) is 0.223. The Balaban J connectivity index is 1.90. The van der Waals surface area contributed by atoms with Crippen molar-refractivity contribution in [2.45, 2.75) is 13.3 Å². The number of carbonyl (C=O) groups excluding carboxylic acids is 1. The van der Waals surface area contributed by atoms with Gasteiger partial charge in [0.1, 0.15) is 17.4 Å². The third-order valence-corrected chi connectivity index (χ3v) is 6.01. The minimum absolute atomic E-state index is 0.0122. The molecule has 0 aliphatic heterocycles. The van der Waals surface area contributed by atoms with Crippen molar-refractivity contribution in [2.75, 3.05) is 12.4 Å². The number of hydrogen-bond acceptors (Lipinski definition) is 3. The number of benzene rings is 3. The summed E-state index contributed by atoms with van der Waals surface area (Å²) in [7, 11) is 1.60. The fraction of sp³-hybridized carbons (Fsp3) is 0.120. The van der Waals surface area contributed by atoms with Crippen LogP contribution in [0.3, 0.4) is 0 Å². The van der Waals surface area contributed by atoms with Crippen LogP contribution < -0.4 is 10.1 Å². The molecular formula is C25H20ClIN2O2. The zero-order valence-corrected chi connectivity index (χ0v) is 20.0. The van der Waals surface area contributed by atoms with Gasteiger partial charge in [0.25, 0.3) is 5.91 Å². The molecule has 0 aliphatic rings. The Morgan fingerprint density at radius 1 is 1.19 bits per heavy atom. The summed E-state index contributed by atoms with van der Waals surface area (Å²) in [6.07, 6.45) is 2.18. The molecule has 0 fully saturated rings. The van der Waals surface area contributed by atoms with Gasteiger partial charge in [0.15, 0.2) is 0 Å². The number of nitrogens with zero attached hydrogens (tertiary/aromatic N) is 1. The molecule has 0 heterocycles. The molecule has 1 N–H and O–H groups in total. The predicted octanol–water partition coefficient (Wildman–Crippen LogP) is 6.40. The van der Waals surface area contributed by atoms with Crippen molar-refractivity contribution >= 4 is 51.9 Å². The van der Waals surface area contributed by atoms with Gasteiger partial charge in [-0.1, -0.05) is 41.9 Å². The van der Waals surface area contributed by atoms with E-state index in [1.54, 1.807) is 19.3 Å². The zero-order valence-electron chi connectivity index (χ0n) is 17.1. The molecule has 0 radical (unpaired) electrons. The van der Waals surface area contributed by atoms with Gasteiger partial charge < -0.3 is 10.1 Å². The molecule has 1 amide bonds. The van der Waals surface area contributed by atoms with Crippen LogP contribution in [0.25, 0.3) is 6.08 Å². The first-order chi connectivity index (χ1) is 14.9. The van der Waals surface area contributed by atoms with E-state index in [0.29, 0.717) is 28.4 Å². The lowest BCUT2D eigenvalue weighted by Crippen LogP contribution is -2.13. The van der Waals surface area contributed by atoms with Gasteiger partial charge in [-0.2, -0.15) is 5.26 Å². The van der Waals surface area contributed by atoms with Gasteiger partial charge in [-0.25, -0.2) is 0 Å². The predicted molar refractivity (Wildman–Crippen MR) is 133 cm³/mol. The summed E-state index contributed by atoms with van der Waals surface area (Å²) in [5.41, 5.74) is 4.38. The van der Waals surface area contributed by atoms with Crippen LogP contribution >= 0.6 is 34.2 Å². The van der Waals surface area contributed by atoms with E-state index in [-0.39, 0.29) is 5.57 Å². The van der Waals surface area contributed by atoms with Crippen molar-refractivity contribution in [1.82, 2.24) is 0 Å². The van der Waals surface area contributed by atoms with E-state index in [1.165, 1.54) is 0 Å². The third-order valence-electron chi connectivity index (χ3n) is 4.67. The maximum absolute atomic E-state index is 12.6. The summed E-state index contributed by atoms with van der Waals surface area (Å²) in [6, 6.07) is 20.9. The molecule has 0 aliphatic carbocycles. The average molecular weight is 543 g/mol.